The third-order valence-corrected chi connectivity index (χ3v) is 3.32. The first kappa shape index (κ1) is 12.7. The van der Waals surface area contributed by atoms with Crippen molar-refractivity contribution < 1.29 is 14.3 Å². The van der Waals surface area contributed by atoms with Crippen molar-refractivity contribution in [2.24, 2.45) is 0 Å². The van der Waals surface area contributed by atoms with Crippen LogP contribution in [0.2, 0.25) is 0 Å². The van der Waals surface area contributed by atoms with Crippen LogP contribution < -0.4 is 0 Å². The van der Waals surface area contributed by atoms with Crippen LogP contribution in [0.5, 0.6) is 0 Å². The second-order valence-electron chi connectivity index (χ2n) is 4.11. The monoisotopic (exact) mass is 335 g/mol. The van der Waals surface area contributed by atoms with E-state index in [1.807, 2.05) is 0 Å². The first-order valence-electron chi connectivity index (χ1n) is 5.60. The maximum absolute atomic E-state index is 14.0. The number of hydrogen-bond donors (Lipinski definition) is 1. The number of aromatic nitrogens is 3. The molecule has 0 amide bonds. The molecule has 0 saturated carbocycles. The first-order chi connectivity index (χ1) is 9.56. The molecule has 0 saturated heterocycles. The minimum Gasteiger partial charge on any atom is -0.478 e. The summed E-state index contributed by atoms with van der Waals surface area (Å²) >= 11 is 3.18. The Balaban J connectivity index is 2.25. The Kier molecular flexibility index (Phi) is 2.98. The van der Waals surface area contributed by atoms with Gasteiger partial charge in [0.15, 0.2) is 0 Å². The van der Waals surface area contributed by atoms with Crippen LogP contribution in [0.15, 0.2) is 40.9 Å². The summed E-state index contributed by atoms with van der Waals surface area (Å²) in [4.78, 5) is 11.0. The normalized spacial score (nSPS) is 10.9. The topological polar surface area (TPSA) is 68.0 Å². The van der Waals surface area contributed by atoms with E-state index in [1.165, 1.54) is 22.9 Å². The molecule has 0 atom stereocenters. The highest BCUT2D eigenvalue weighted by Crippen LogP contribution is 2.22. The number of carboxylic acids is 1. The molecule has 0 fully saturated rings. The molecule has 0 unspecified atom stereocenters. The van der Waals surface area contributed by atoms with Crippen LogP contribution >= 0.6 is 15.9 Å². The number of nitrogens with zero attached hydrogens (tertiary/aromatic N) is 3. The molecule has 3 rings (SSSR count). The number of carbonyl (C=O) groups is 1. The van der Waals surface area contributed by atoms with Crippen LogP contribution in [0.3, 0.4) is 0 Å². The second-order valence-corrected chi connectivity index (χ2v) is 5.02. The predicted octanol–water partition coefficient (Wildman–Crippen LogP) is 3.02. The molecule has 1 N–H and O–H groups in total. The summed E-state index contributed by atoms with van der Waals surface area (Å²) in [5.41, 5.74) is 1.24. The zero-order chi connectivity index (χ0) is 14.3. The lowest BCUT2D eigenvalue weighted by Crippen LogP contribution is -2.01. The second kappa shape index (κ2) is 4.68. The molecule has 0 aliphatic heterocycles. The van der Waals surface area contributed by atoms with Crippen LogP contribution in [0.1, 0.15) is 10.4 Å². The van der Waals surface area contributed by atoms with Gasteiger partial charge in [-0.1, -0.05) is 21.1 Å². The molecule has 0 spiro atoms. The van der Waals surface area contributed by atoms with Gasteiger partial charge in [0, 0.05) is 4.47 Å². The summed E-state index contributed by atoms with van der Waals surface area (Å²) < 4.78 is 15.9. The molecule has 1 heterocycles. The number of fused-ring (bicyclic) bond motifs is 1. The highest BCUT2D eigenvalue weighted by atomic mass is 79.9. The van der Waals surface area contributed by atoms with Crippen molar-refractivity contribution in [2.75, 3.05) is 0 Å². The maximum Gasteiger partial charge on any atom is 0.335 e. The Hall–Kier alpha value is -2.28. The average molecular weight is 336 g/mol. The third-order valence-electron chi connectivity index (χ3n) is 2.83. The van der Waals surface area contributed by atoms with Crippen molar-refractivity contribution in [3.05, 3.63) is 52.3 Å². The van der Waals surface area contributed by atoms with Crippen molar-refractivity contribution in [1.82, 2.24) is 15.0 Å². The van der Waals surface area contributed by atoms with Crippen molar-refractivity contribution in [2.45, 2.75) is 0 Å². The molecule has 0 bridgehead atoms. The lowest BCUT2D eigenvalue weighted by molar-refractivity contribution is 0.0697. The van der Waals surface area contributed by atoms with Gasteiger partial charge in [-0.3, -0.25) is 0 Å². The van der Waals surface area contributed by atoms with Crippen LogP contribution in [-0.4, -0.2) is 26.1 Å². The average Bonchev–Trinajstić information content (AvgIpc) is 2.81. The van der Waals surface area contributed by atoms with E-state index < -0.39 is 11.8 Å². The quantitative estimate of drug-likeness (QED) is 0.781. The van der Waals surface area contributed by atoms with E-state index in [0.29, 0.717) is 15.5 Å². The molecule has 100 valence electrons. The minimum atomic E-state index is -1.06. The maximum atomic E-state index is 14.0. The van der Waals surface area contributed by atoms with Crippen LogP contribution in [-0.2, 0) is 0 Å². The van der Waals surface area contributed by atoms with E-state index in [4.69, 9.17) is 5.11 Å². The number of hydrogen-bond acceptors (Lipinski definition) is 3. The standard InChI is InChI=1S/C13H7BrFN3O2/c14-8-2-4-11(9(15)6-8)18-12-5-7(13(19)20)1-3-10(12)16-17-18/h1-6H,(H,19,20). The Morgan fingerprint density at radius 2 is 2.05 bits per heavy atom. The number of halogens is 2. The van der Waals surface area contributed by atoms with Gasteiger partial charge in [0.2, 0.25) is 0 Å². The Morgan fingerprint density at radius 1 is 1.25 bits per heavy atom. The molecule has 5 nitrogen and oxygen atoms in total. The van der Waals surface area contributed by atoms with E-state index in [-0.39, 0.29) is 11.3 Å². The summed E-state index contributed by atoms with van der Waals surface area (Å²) in [5.74, 6) is -1.54. The van der Waals surface area contributed by atoms with Gasteiger partial charge in [-0.05, 0) is 36.4 Å². The Morgan fingerprint density at radius 3 is 2.75 bits per heavy atom. The highest BCUT2D eigenvalue weighted by Gasteiger charge is 2.13. The van der Waals surface area contributed by atoms with Gasteiger partial charge in [0.25, 0.3) is 0 Å². The molecular weight excluding hydrogens is 329 g/mol. The lowest BCUT2D eigenvalue weighted by Gasteiger charge is -2.04. The van der Waals surface area contributed by atoms with Gasteiger partial charge >= 0.3 is 5.97 Å². The van der Waals surface area contributed by atoms with Gasteiger partial charge < -0.3 is 5.11 Å². The van der Waals surface area contributed by atoms with Gasteiger partial charge in [0.1, 0.15) is 17.0 Å². The van der Waals surface area contributed by atoms with E-state index >= 15 is 0 Å². The molecule has 2 aromatic carbocycles. The van der Waals surface area contributed by atoms with Gasteiger partial charge in [0.05, 0.1) is 11.1 Å². The van der Waals surface area contributed by atoms with Gasteiger partial charge in [-0.2, -0.15) is 0 Å². The SMILES string of the molecule is O=C(O)c1ccc2nnn(-c3ccc(Br)cc3F)c2c1. The summed E-state index contributed by atoms with van der Waals surface area (Å²) in [6.07, 6.45) is 0. The molecule has 0 radical (unpaired) electrons. The summed E-state index contributed by atoms with van der Waals surface area (Å²) in [6.45, 7) is 0. The fourth-order valence-corrected chi connectivity index (χ4v) is 2.22. The zero-order valence-corrected chi connectivity index (χ0v) is 11.5. The fraction of sp³-hybridized carbons (Fsp3) is 0. The van der Waals surface area contributed by atoms with Crippen molar-refractivity contribution in [1.29, 1.82) is 0 Å². The van der Waals surface area contributed by atoms with E-state index in [1.54, 1.807) is 18.2 Å². The van der Waals surface area contributed by atoms with Crippen molar-refractivity contribution in [3.63, 3.8) is 0 Å². The number of carboxylic acid groups (broad SMARTS) is 1. The van der Waals surface area contributed by atoms with Gasteiger partial charge in [-0.25, -0.2) is 13.9 Å². The molecular formula is C13H7BrFN3O2. The zero-order valence-electron chi connectivity index (χ0n) is 9.92. The Labute approximate surface area is 120 Å². The Bertz CT molecular complexity index is 832. The lowest BCUT2D eigenvalue weighted by atomic mass is 10.2. The summed E-state index contributed by atoms with van der Waals surface area (Å²) in [5, 5.41) is 16.8. The molecule has 0 aliphatic rings. The fourth-order valence-electron chi connectivity index (χ4n) is 1.88. The smallest absolute Gasteiger partial charge is 0.335 e. The van der Waals surface area contributed by atoms with Crippen LogP contribution in [0, 0.1) is 5.82 Å². The summed E-state index contributed by atoms with van der Waals surface area (Å²) in [6, 6.07) is 8.91. The number of aromatic carboxylic acids is 1. The highest BCUT2D eigenvalue weighted by molar-refractivity contribution is 9.10. The molecule has 3 aromatic rings. The van der Waals surface area contributed by atoms with Crippen LogP contribution in [0.4, 0.5) is 4.39 Å². The van der Waals surface area contributed by atoms with E-state index in [9.17, 15) is 9.18 Å². The van der Waals surface area contributed by atoms with E-state index in [0.717, 1.165) is 0 Å². The molecule has 20 heavy (non-hydrogen) atoms. The number of benzene rings is 2. The number of rotatable bonds is 2. The van der Waals surface area contributed by atoms with Crippen LogP contribution in [0.25, 0.3) is 16.7 Å². The largest absolute Gasteiger partial charge is 0.478 e. The summed E-state index contributed by atoms with van der Waals surface area (Å²) in [7, 11) is 0. The van der Waals surface area contributed by atoms with Crippen molar-refractivity contribution in [3.8, 4) is 5.69 Å². The third kappa shape index (κ3) is 2.05. The van der Waals surface area contributed by atoms with Crippen molar-refractivity contribution >= 4 is 32.9 Å². The molecule has 7 heteroatoms. The first-order valence-corrected chi connectivity index (χ1v) is 6.40. The predicted molar refractivity (Wildman–Crippen MR) is 73.5 cm³/mol. The minimum absolute atomic E-state index is 0.0959. The van der Waals surface area contributed by atoms with Gasteiger partial charge in [-0.15, -0.1) is 5.10 Å². The molecule has 0 aliphatic carbocycles. The molecule has 1 aromatic heterocycles. The van der Waals surface area contributed by atoms with E-state index in [2.05, 4.69) is 26.2 Å².